The zero-order valence-electron chi connectivity index (χ0n) is 10.3. The molecule has 2 aromatic carbocycles. The molecule has 0 unspecified atom stereocenters. The lowest BCUT2D eigenvalue weighted by Gasteiger charge is -2.07. The van der Waals surface area contributed by atoms with Gasteiger partial charge in [-0.3, -0.25) is 4.79 Å². The number of Topliss-reactive ketones (excluding diaryl/α,β-unsaturated/α-hetero) is 1. The highest BCUT2D eigenvalue weighted by Crippen LogP contribution is 2.26. The number of hydrogen-bond acceptors (Lipinski definition) is 2. The van der Waals surface area contributed by atoms with Gasteiger partial charge in [0, 0.05) is 15.6 Å². The lowest BCUT2D eigenvalue weighted by atomic mass is 10.0. The van der Waals surface area contributed by atoms with Crippen molar-refractivity contribution in [3.63, 3.8) is 0 Å². The second-order valence-electron chi connectivity index (χ2n) is 4.05. The maximum Gasteiger partial charge on any atom is 0.168 e. The van der Waals surface area contributed by atoms with Crippen LogP contribution >= 0.6 is 38.5 Å². The van der Waals surface area contributed by atoms with Crippen LogP contribution in [0.25, 0.3) is 0 Å². The molecule has 2 rings (SSSR count). The summed E-state index contributed by atoms with van der Waals surface area (Å²) in [4.78, 5) is 12.2. The number of carbonyl (C=O) groups excluding carboxylic acids is 1. The molecule has 0 fully saturated rings. The lowest BCUT2D eigenvalue weighted by Crippen LogP contribution is -2.05. The van der Waals surface area contributed by atoms with Crippen molar-refractivity contribution in [2.45, 2.75) is 6.42 Å². The highest BCUT2D eigenvalue weighted by atomic mass is 127. The molecule has 19 heavy (non-hydrogen) atoms. The van der Waals surface area contributed by atoms with Crippen LogP contribution in [-0.2, 0) is 6.42 Å². The Balaban J connectivity index is 2.20. The van der Waals surface area contributed by atoms with Crippen LogP contribution in [0.3, 0.4) is 0 Å². The van der Waals surface area contributed by atoms with Gasteiger partial charge in [0.1, 0.15) is 5.75 Å². The average molecular weight is 431 g/mol. The van der Waals surface area contributed by atoms with Crippen LogP contribution in [0.4, 0.5) is 0 Å². The van der Waals surface area contributed by atoms with E-state index in [1.807, 2.05) is 42.5 Å². The van der Waals surface area contributed by atoms with Crippen LogP contribution in [0.15, 0.2) is 46.9 Å². The standard InChI is InChI=1S/C15H12BrIO2/c1-19-15-7-6-10(8-12(15)16)9-14(18)11-4-2-3-5-13(11)17/h2-8H,9H2,1H3. The van der Waals surface area contributed by atoms with Gasteiger partial charge in [-0.05, 0) is 62.3 Å². The smallest absolute Gasteiger partial charge is 0.168 e. The monoisotopic (exact) mass is 430 g/mol. The third-order valence-corrected chi connectivity index (χ3v) is 4.32. The van der Waals surface area contributed by atoms with Crippen molar-refractivity contribution in [2.75, 3.05) is 7.11 Å². The van der Waals surface area contributed by atoms with Gasteiger partial charge < -0.3 is 4.74 Å². The number of ether oxygens (including phenoxy) is 1. The number of rotatable bonds is 4. The van der Waals surface area contributed by atoms with E-state index in [1.165, 1.54) is 0 Å². The molecule has 2 aromatic rings. The maximum atomic E-state index is 12.2. The van der Waals surface area contributed by atoms with Gasteiger partial charge in [0.25, 0.3) is 0 Å². The molecule has 4 heteroatoms. The molecule has 0 saturated carbocycles. The molecule has 0 bridgehead atoms. The first-order chi connectivity index (χ1) is 9.11. The summed E-state index contributed by atoms with van der Waals surface area (Å²) in [6.45, 7) is 0. The SMILES string of the molecule is COc1ccc(CC(=O)c2ccccc2I)cc1Br. The van der Waals surface area contributed by atoms with Gasteiger partial charge in [-0.25, -0.2) is 0 Å². The fourth-order valence-electron chi connectivity index (χ4n) is 1.79. The zero-order chi connectivity index (χ0) is 13.8. The van der Waals surface area contributed by atoms with Crippen LogP contribution in [0.5, 0.6) is 5.75 Å². The summed E-state index contributed by atoms with van der Waals surface area (Å²) in [5.41, 5.74) is 1.74. The quantitative estimate of drug-likeness (QED) is 0.527. The van der Waals surface area contributed by atoms with E-state index in [0.717, 1.165) is 24.9 Å². The number of halogens is 2. The Hall–Kier alpha value is -0.880. The molecule has 0 amide bonds. The highest BCUT2D eigenvalue weighted by molar-refractivity contribution is 14.1. The molecule has 98 valence electrons. The van der Waals surface area contributed by atoms with Gasteiger partial charge in [-0.15, -0.1) is 0 Å². The van der Waals surface area contributed by atoms with Crippen molar-refractivity contribution in [1.82, 2.24) is 0 Å². The molecule has 0 aliphatic carbocycles. The van der Waals surface area contributed by atoms with Crippen molar-refractivity contribution < 1.29 is 9.53 Å². The molecule has 2 nitrogen and oxygen atoms in total. The fourth-order valence-corrected chi connectivity index (χ4v) is 3.06. The number of hydrogen-bond donors (Lipinski definition) is 0. The van der Waals surface area contributed by atoms with E-state index in [9.17, 15) is 4.79 Å². The second-order valence-corrected chi connectivity index (χ2v) is 6.07. The average Bonchev–Trinajstić information content (AvgIpc) is 2.39. The molecule has 0 aromatic heterocycles. The van der Waals surface area contributed by atoms with E-state index in [4.69, 9.17) is 4.74 Å². The summed E-state index contributed by atoms with van der Waals surface area (Å²) >= 11 is 5.62. The second kappa shape index (κ2) is 6.52. The maximum absolute atomic E-state index is 12.2. The van der Waals surface area contributed by atoms with Crippen LogP contribution in [-0.4, -0.2) is 12.9 Å². The Morgan fingerprint density at radius 2 is 2.00 bits per heavy atom. The lowest BCUT2D eigenvalue weighted by molar-refractivity contribution is 0.0992. The van der Waals surface area contributed by atoms with E-state index >= 15 is 0 Å². The van der Waals surface area contributed by atoms with Crippen LogP contribution < -0.4 is 4.74 Å². The molecular formula is C15H12BrIO2. The number of benzene rings is 2. The van der Waals surface area contributed by atoms with Crippen molar-refractivity contribution in [3.8, 4) is 5.75 Å². The number of ketones is 1. The molecule has 0 N–H and O–H groups in total. The van der Waals surface area contributed by atoms with Gasteiger partial charge in [-0.1, -0.05) is 24.3 Å². The Morgan fingerprint density at radius 3 is 2.63 bits per heavy atom. The van der Waals surface area contributed by atoms with Crippen molar-refractivity contribution in [3.05, 3.63) is 61.6 Å². The molecule has 0 atom stereocenters. The summed E-state index contributed by atoms with van der Waals surface area (Å²) in [6.07, 6.45) is 0.391. The third-order valence-electron chi connectivity index (χ3n) is 2.76. The van der Waals surface area contributed by atoms with Gasteiger partial charge in [0.15, 0.2) is 5.78 Å². The molecule has 0 aliphatic heterocycles. The Kier molecular flexibility index (Phi) is 4.99. The minimum Gasteiger partial charge on any atom is -0.496 e. The van der Waals surface area contributed by atoms with Gasteiger partial charge in [-0.2, -0.15) is 0 Å². The molecule has 0 spiro atoms. The van der Waals surface area contributed by atoms with E-state index in [2.05, 4.69) is 38.5 Å². The van der Waals surface area contributed by atoms with Crippen molar-refractivity contribution in [2.24, 2.45) is 0 Å². The molecule has 0 radical (unpaired) electrons. The summed E-state index contributed by atoms with van der Waals surface area (Å²) < 4.78 is 7.02. The summed E-state index contributed by atoms with van der Waals surface area (Å²) in [6, 6.07) is 13.3. The van der Waals surface area contributed by atoms with Gasteiger partial charge in [0.2, 0.25) is 0 Å². The molecular weight excluding hydrogens is 419 g/mol. The number of methoxy groups -OCH3 is 1. The van der Waals surface area contributed by atoms with Gasteiger partial charge >= 0.3 is 0 Å². The molecule has 0 saturated heterocycles. The van der Waals surface area contributed by atoms with Crippen LogP contribution in [0.2, 0.25) is 0 Å². The van der Waals surface area contributed by atoms with Gasteiger partial charge in [0.05, 0.1) is 11.6 Å². The first-order valence-electron chi connectivity index (χ1n) is 5.72. The minimum atomic E-state index is 0.127. The first kappa shape index (κ1) is 14.5. The zero-order valence-corrected chi connectivity index (χ0v) is 14.1. The fraction of sp³-hybridized carbons (Fsp3) is 0.133. The third kappa shape index (κ3) is 3.57. The Bertz CT molecular complexity index is 611. The largest absolute Gasteiger partial charge is 0.496 e. The Labute approximate surface area is 134 Å². The van der Waals surface area contributed by atoms with Crippen LogP contribution in [0.1, 0.15) is 15.9 Å². The van der Waals surface area contributed by atoms with Crippen molar-refractivity contribution in [1.29, 1.82) is 0 Å². The predicted molar refractivity (Wildman–Crippen MR) is 87.9 cm³/mol. The minimum absolute atomic E-state index is 0.127. The van der Waals surface area contributed by atoms with E-state index < -0.39 is 0 Å². The molecule has 0 aliphatic rings. The first-order valence-corrected chi connectivity index (χ1v) is 7.59. The number of carbonyl (C=O) groups is 1. The Morgan fingerprint density at radius 1 is 1.26 bits per heavy atom. The van der Waals surface area contributed by atoms with Crippen molar-refractivity contribution >= 4 is 44.3 Å². The summed E-state index contributed by atoms with van der Waals surface area (Å²) in [7, 11) is 1.62. The van der Waals surface area contributed by atoms with E-state index in [0.29, 0.717) is 6.42 Å². The molecule has 0 heterocycles. The predicted octanol–water partition coefficient (Wildman–Crippen LogP) is 4.49. The topological polar surface area (TPSA) is 26.3 Å². The summed E-state index contributed by atoms with van der Waals surface area (Å²) in [5, 5.41) is 0. The normalized spacial score (nSPS) is 10.3. The van der Waals surface area contributed by atoms with E-state index in [1.54, 1.807) is 7.11 Å². The van der Waals surface area contributed by atoms with E-state index in [-0.39, 0.29) is 5.78 Å². The highest BCUT2D eigenvalue weighted by Gasteiger charge is 2.11. The summed E-state index contributed by atoms with van der Waals surface area (Å²) in [5.74, 6) is 0.896. The van der Waals surface area contributed by atoms with Crippen LogP contribution in [0, 0.1) is 3.57 Å².